The molecule has 7 N–H and O–H groups in total. The highest BCUT2D eigenvalue weighted by atomic mass is 31.2. The topological polar surface area (TPSA) is 206 Å². The standard InChI is InChI=1S/C25H31N6O8P/c1-5-25(19(33)18(32)22(38-25)31-12-11-17-20(26)28-24(27)29-21(17)31)13-36-40(35,39-16-9-7-6-8-10-16)30-15(4)23(34)37-14(2)3/h1,6-12,14-15,18-19,22,32-33H,13H2,2-4H3,(H,30,35)(H4,26,27,28,29)/t15-,18-,19?,22+,25+,40-/m0/s1. The zero-order valence-electron chi connectivity index (χ0n) is 22.0. The number of rotatable bonds is 10. The van der Waals surface area contributed by atoms with Crippen LogP contribution in [-0.2, 0) is 23.4 Å². The molecule has 15 heteroatoms. The van der Waals surface area contributed by atoms with E-state index in [-0.39, 0.29) is 23.2 Å². The Morgan fingerprint density at radius 3 is 2.60 bits per heavy atom. The number of hydrogen-bond donors (Lipinski definition) is 5. The number of ether oxygens (including phenoxy) is 2. The summed E-state index contributed by atoms with van der Waals surface area (Å²) in [6, 6.07) is 8.55. The molecule has 1 saturated heterocycles. The molecule has 1 aliphatic heterocycles. The number of terminal acetylenes is 1. The van der Waals surface area contributed by atoms with E-state index in [1.165, 1.54) is 29.8 Å². The van der Waals surface area contributed by atoms with Crippen molar-refractivity contribution in [1.29, 1.82) is 0 Å². The fraction of sp³-hybridized carbons (Fsp3) is 0.400. The van der Waals surface area contributed by atoms with Crippen LogP contribution in [0.3, 0.4) is 0 Å². The molecule has 0 bridgehead atoms. The Kier molecular flexibility index (Phi) is 8.36. The molecule has 214 valence electrons. The summed E-state index contributed by atoms with van der Waals surface area (Å²) in [4.78, 5) is 20.5. The number of para-hydroxylation sites is 1. The number of aromatic nitrogens is 3. The number of anilines is 2. The van der Waals surface area contributed by atoms with E-state index in [4.69, 9.17) is 36.4 Å². The molecule has 40 heavy (non-hydrogen) atoms. The number of nitrogen functional groups attached to an aromatic ring is 2. The minimum atomic E-state index is -4.36. The molecule has 0 radical (unpaired) electrons. The SMILES string of the molecule is C#C[C@]1(CO[P@@](=O)(N[C@@H](C)C(=O)OC(C)C)Oc2ccccc2)O[C@@H](n2ccc3c(N)nc(N)nc32)[C@@H](O)C1O. The second-order valence-electron chi connectivity index (χ2n) is 9.42. The van der Waals surface area contributed by atoms with E-state index in [0.29, 0.717) is 5.39 Å². The van der Waals surface area contributed by atoms with Gasteiger partial charge in [0.25, 0.3) is 0 Å². The number of aliphatic hydroxyl groups is 2. The molecule has 3 aromatic rings. The van der Waals surface area contributed by atoms with Crippen molar-refractivity contribution in [2.75, 3.05) is 18.1 Å². The summed E-state index contributed by atoms with van der Waals surface area (Å²) in [6.07, 6.45) is 2.31. The van der Waals surface area contributed by atoms with Gasteiger partial charge in [0.1, 0.15) is 42.1 Å². The predicted octanol–water partition coefficient (Wildman–Crippen LogP) is 1.35. The van der Waals surface area contributed by atoms with Crippen LogP contribution in [0.5, 0.6) is 5.75 Å². The van der Waals surface area contributed by atoms with Crippen LogP contribution in [0.1, 0.15) is 27.0 Å². The molecule has 0 spiro atoms. The number of aliphatic hydroxyl groups excluding tert-OH is 2. The minimum absolute atomic E-state index is 0.107. The van der Waals surface area contributed by atoms with Crippen molar-refractivity contribution in [3.63, 3.8) is 0 Å². The quantitative estimate of drug-likeness (QED) is 0.132. The zero-order chi connectivity index (χ0) is 29.2. The van der Waals surface area contributed by atoms with E-state index < -0.39 is 56.5 Å². The third-order valence-corrected chi connectivity index (χ3v) is 7.66. The monoisotopic (exact) mass is 574 g/mol. The smallest absolute Gasteiger partial charge is 0.459 e. The van der Waals surface area contributed by atoms with Crippen LogP contribution in [0.4, 0.5) is 11.8 Å². The Morgan fingerprint density at radius 1 is 1.25 bits per heavy atom. The van der Waals surface area contributed by atoms with E-state index in [0.717, 1.165) is 0 Å². The number of nitrogens with zero attached hydrogens (tertiary/aromatic N) is 3. The Hall–Kier alpha value is -3.70. The Bertz CT molecular complexity index is 1460. The summed E-state index contributed by atoms with van der Waals surface area (Å²) in [6.45, 7) is 4.05. The van der Waals surface area contributed by atoms with Gasteiger partial charge in [0, 0.05) is 6.20 Å². The molecule has 1 aromatic carbocycles. The summed E-state index contributed by atoms with van der Waals surface area (Å²) in [5.41, 5.74) is 9.89. The number of benzene rings is 1. The largest absolute Gasteiger partial charge is 0.462 e. The molecule has 14 nitrogen and oxygen atoms in total. The van der Waals surface area contributed by atoms with Gasteiger partial charge in [-0.05, 0) is 39.0 Å². The van der Waals surface area contributed by atoms with E-state index in [9.17, 15) is 19.6 Å². The maximum absolute atomic E-state index is 13.9. The average Bonchev–Trinajstić information content (AvgIpc) is 3.42. The molecule has 0 saturated carbocycles. The number of nitrogens with two attached hydrogens (primary N) is 2. The minimum Gasteiger partial charge on any atom is -0.462 e. The van der Waals surface area contributed by atoms with Crippen molar-refractivity contribution < 1.29 is 38.1 Å². The van der Waals surface area contributed by atoms with Crippen molar-refractivity contribution in [1.82, 2.24) is 19.6 Å². The zero-order valence-corrected chi connectivity index (χ0v) is 22.9. The number of hydrogen-bond acceptors (Lipinski definition) is 12. The Labute approximate surface area is 230 Å². The highest BCUT2D eigenvalue weighted by molar-refractivity contribution is 7.52. The van der Waals surface area contributed by atoms with Gasteiger partial charge in [0.2, 0.25) is 5.95 Å². The van der Waals surface area contributed by atoms with Crippen LogP contribution in [0.25, 0.3) is 11.0 Å². The van der Waals surface area contributed by atoms with Gasteiger partial charge in [0.05, 0.1) is 11.5 Å². The number of fused-ring (bicyclic) bond motifs is 1. The second kappa shape index (κ2) is 11.4. The molecule has 0 aliphatic carbocycles. The first-order chi connectivity index (χ1) is 18.9. The Balaban J connectivity index is 1.61. The third-order valence-electron chi connectivity index (χ3n) is 6.04. The maximum atomic E-state index is 13.9. The molecule has 1 unspecified atom stereocenters. The summed E-state index contributed by atoms with van der Waals surface area (Å²) >= 11 is 0. The van der Waals surface area contributed by atoms with E-state index >= 15 is 0 Å². The van der Waals surface area contributed by atoms with Crippen LogP contribution >= 0.6 is 7.75 Å². The van der Waals surface area contributed by atoms with Crippen molar-refractivity contribution in [2.24, 2.45) is 0 Å². The van der Waals surface area contributed by atoms with Gasteiger partial charge in [-0.3, -0.25) is 9.32 Å². The van der Waals surface area contributed by atoms with Crippen molar-refractivity contribution in [2.45, 2.75) is 57.0 Å². The van der Waals surface area contributed by atoms with Crippen LogP contribution < -0.4 is 21.1 Å². The summed E-state index contributed by atoms with van der Waals surface area (Å²) in [7, 11) is -4.36. The van der Waals surface area contributed by atoms with Crippen molar-refractivity contribution in [3.8, 4) is 18.1 Å². The van der Waals surface area contributed by atoms with Gasteiger partial charge in [-0.2, -0.15) is 15.1 Å². The lowest BCUT2D eigenvalue weighted by molar-refractivity contribution is -0.149. The predicted molar refractivity (Wildman–Crippen MR) is 145 cm³/mol. The molecule has 2 aromatic heterocycles. The molecular formula is C25H31N6O8P. The van der Waals surface area contributed by atoms with Gasteiger partial charge in [-0.1, -0.05) is 24.1 Å². The van der Waals surface area contributed by atoms with Crippen LogP contribution in [0.2, 0.25) is 0 Å². The van der Waals surface area contributed by atoms with Gasteiger partial charge in [-0.25, -0.2) is 4.57 Å². The molecule has 4 rings (SSSR count). The normalized spacial score (nSPS) is 24.9. The molecule has 6 atom stereocenters. The van der Waals surface area contributed by atoms with Crippen LogP contribution in [-0.4, -0.2) is 67.3 Å². The van der Waals surface area contributed by atoms with Gasteiger partial charge in [0.15, 0.2) is 11.8 Å². The molecule has 1 fully saturated rings. The summed E-state index contributed by atoms with van der Waals surface area (Å²) in [5, 5.41) is 24.9. The molecule has 1 aliphatic rings. The lowest BCUT2D eigenvalue weighted by atomic mass is 9.97. The lowest BCUT2D eigenvalue weighted by Crippen LogP contribution is -2.46. The summed E-state index contributed by atoms with van der Waals surface area (Å²) in [5.74, 6) is 1.77. The molecular weight excluding hydrogens is 543 g/mol. The number of carbonyl (C=O) groups excluding carboxylic acids is 1. The Morgan fingerprint density at radius 2 is 1.95 bits per heavy atom. The summed E-state index contributed by atoms with van der Waals surface area (Å²) < 4.78 is 37.7. The fourth-order valence-electron chi connectivity index (χ4n) is 4.08. The highest BCUT2D eigenvalue weighted by Gasteiger charge is 2.56. The van der Waals surface area contributed by atoms with E-state index in [2.05, 4.69) is 21.0 Å². The van der Waals surface area contributed by atoms with E-state index in [1.54, 1.807) is 38.1 Å². The maximum Gasteiger partial charge on any atom is 0.459 e. The van der Waals surface area contributed by atoms with E-state index in [1.807, 2.05) is 0 Å². The van der Waals surface area contributed by atoms with Crippen LogP contribution in [0.15, 0.2) is 42.6 Å². The second-order valence-corrected chi connectivity index (χ2v) is 11.1. The van der Waals surface area contributed by atoms with Crippen molar-refractivity contribution >= 4 is 36.5 Å². The first-order valence-electron chi connectivity index (χ1n) is 12.3. The van der Waals surface area contributed by atoms with Crippen molar-refractivity contribution in [3.05, 3.63) is 42.6 Å². The van der Waals surface area contributed by atoms with Gasteiger partial charge < -0.3 is 40.2 Å². The first kappa shape index (κ1) is 29.3. The number of esters is 1. The number of carbonyl (C=O) groups is 1. The van der Waals surface area contributed by atoms with Gasteiger partial charge >= 0.3 is 13.7 Å². The highest BCUT2D eigenvalue weighted by Crippen LogP contribution is 2.48. The third kappa shape index (κ3) is 5.90. The van der Waals surface area contributed by atoms with Crippen LogP contribution in [0, 0.1) is 12.3 Å². The molecule has 0 amide bonds. The average molecular weight is 575 g/mol. The fourth-order valence-corrected chi connectivity index (χ4v) is 5.60. The molecule has 3 heterocycles. The lowest BCUT2D eigenvalue weighted by Gasteiger charge is -2.29. The van der Waals surface area contributed by atoms with Gasteiger partial charge in [-0.15, -0.1) is 6.42 Å². The first-order valence-corrected chi connectivity index (χ1v) is 13.8. The number of nitrogens with one attached hydrogen (secondary N) is 1.